The van der Waals surface area contributed by atoms with Gasteiger partial charge in [0.2, 0.25) is 15.9 Å². The highest BCUT2D eigenvalue weighted by Gasteiger charge is 2.31. The predicted molar refractivity (Wildman–Crippen MR) is 90.0 cm³/mol. The fourth-order valence-corrected chi connectivity index (χ4v) is 5.25. The van der Waals surface area contributed by atoms with Crippen molar-refractivity contribution in [1.82, 2.24) is 4.31 Å². The third-order valence-corrected chi connectivity index (χ3v) is 6.70. The second kappa shape index (κ2) is 6.24. The Balaban J connectivity index is 1.93. The molecule has 0 bridgehead atoms. The van der Waals surface area contributed by atoms with Crippen LogP contribution in [0.1, 0.15) is 45.1 Å². The summed E-state index contributed by atoms with van der Waals surface area (Å²) in [4.78, 5) is 13.9. The van der Waals surface area contributed by atoms with Crippen LogP contribution >= 0.6 is 0 Å². The first-order chi connectivity index (χ1) is 10.9. The van der Waals surface area contributed by atoms with Crippen LogP contribution in [0.5, 0.6) is 0 Å². The van der Waals surface area contributed by atoms with Gasteiger partial charge < -0.3 is 4.90 Å². The molecule has 5 nitrogen and oxygen atoms in total. The summed E-state index contributed by atoms with van der Waals surface area (Å²) in [7, 11) is -3.43. The summed E-state index contributed by atoms with van der Waals surface area (Å²) >= 11 is 0. The zero-order valence-corrected chi connectivity index (χ0v) is 14.6. The van der Waals surface area contributed by atoms with Crippen LogP contribution in [-0.4, -0.2) is 37.8 Å². The van der Waals surface area contributed by atoms with Crippen LogP contribution in [0.25, 0.3) is 0 Å². The molecule has 2 heterocycles. The number of carbonyl (C=O) groups is 1. The van der Waals surface area contributed by atoms with Crippen LogP contribution in [0.2, 0.25) is 0 Å². The average Bonchev–Trinajstić information content (AvgIpc) is 2.66. The monoisotopic (exact) mass is 336 g/mol. The van der Waals surface area contributed by atoms with Gasteiger partial charge in [0.1, 0.15) is 0 Å². The normalized spacial score (nSPS) is 22.7. The van der Waals surface area contributed by atoms with E-state index in [9.17, 15) is 13.2 Å². The molecule has 0 radical (unpaired) electrons. The quantitative estimate of drug-likeness (QED) is 0.834. The minimum Gasteiger partial charge on any atom is -0.309 e. The van der Waals surface area contributed by atoms with Crippen molar-refractivity contribution in [3.8, 4) is 0 Å². The van der Waals surface area contributed by atoms with Gasteiger partial charge in [-0.15, -0.1) is 0 Å². The zero-order valence-electron chi connectivity index (χ0n) is 13.8. The fraction of sp³-hybridized carbons (Fsp3) is 0.588. The molecule has 6 heteroatoms. The Morgan fingerprint density at radius 1 is 1.13 bits per heavy atom. The van der Waals surface area contributed by atoms with Crippen LogP contribution in [0.3, 0.4) is 0 Å². The molecule has 1 atom stereocenters. The second-order valence-corrected chi connectivity index (χ2v) is 8.49. The summed E-state index contributed by atoms with van der Waals surface area (Å²) in [5.41, 5.74) is 1.79. The Labute approximate surface area is 138 Å². The highest BCUT2D eigenvalue weighted by molar-refractivity contribution is 7.89. The van der Waals surface area contributed by atoms with E-state index < -0.39 is 10.0 Å². The lowest BCUT2D eigenvalue weighted by Gasteiger charge is -2.22. The van der Waals surface area contributed by atoms with Crippen molar-refractivity contribution < 1.29 is 13.2 Å². The van der Waals surface area contributed by atoms with Gasteiger partial charge in [0.05, 0.1) is 4.90 Å². The number of benzene rings is 1. The number of rotatable bonds is 2. The van der Waals surface area contributed by atoms with Crippen LogP contribution in [-0.2, 0) is 21.2 Å². The van der Waals surface area contributed by atoms with Crippen molar-refractivity contribution >= 4 is 21.6 Å². The van der Waals surface area contributed by atoms with Crippen molar-refractivity contribution in [2.75, 3.05) is 18.0 Å². The third-order valence-electron chi connectivity index (χ3n) is 4.81. The van der Waals surface area contributed by atoms with Gasteiger partial charge in [-0.1, -0.05) is 12.8 Å². The van der Waals surface area contributed by atoms with Crippen molar-refractivity contribution in [2.45, 2.75) is 56.9 Å². The molecular formula is C17H24N2O3S. The van der Waals surface area contributed by atoms with Crippen molar-refractivity contribution in [1.29, 1.82) is 0 Å². The summed E-state index contributed by atoms with van der Waals surface area (Å²) in [6, 6.07) is 5.27. The fourth-order valence-electron chi connectivity index (χ4n) is 3.68. The lowest BCUT2D eigenvalue weighted by Crippen LogP contribution is -2.33. The molecule has 0 aliphatic carbocycles. The average molecular weight is 336 g/mol. The molecule has 2 aliphatic rings. The van der Waals surface area contributed by atoms with E-state index >= 15 is 0 Å². The van der Waals surface area contributed by atoms with E-state index in [0.717, 1.165) is 36.9 Å². The van der Waals surface area contributed by atoms with E-state index in [1.807, 2.05) is 6.92 Å². The third kappa shape index (κ3) is 3.02. The van der Waals surface area contributed by atoms with E-state index in [1.54, 1.807) is 34.3 Å². The van der Waals surface area contributed by atoms with Crippen LogP contribution in [0.4, 0.5) is 5.69 Å². The number of hydrogen-bond donors (Lipinski definition) is 0. The van der Waals surface area contributed by atoms with Crippen molar-refractivity contribution in [3.05, 3.63) is 23.8 Å². The summed E-state index contributed by atoms with van der Waals surface area (Å²) < 4.78 is 27.4. The molecule has 0 spiro atoms. The molecule has 1 aromatic rings. The van der Waals surface area contributed by atoms with Gasteiger partial charge in [0, 0.05) is 31.7 Å². The van der Waals surface area contributed by atoms with E-state index in [2.05, 4.69) is 0 Å². The molecule has 23 heavy (non-hydrogen) atoms. The molecule has 1 saturated heterocycles. The highest BCUT2D eigenvalue weighted by atomic mass is 32.2. The molecule has 0 saturated carbocycles. The lowest BCUT2D eigenvalue weighted by atomic mass is 10.1. The van der Waals surface area contributed by atoms with Gasteiger partial charge >= 0.3 is 0 Å². The molecule has 3 rings (SSSR count). The maximum absolute atomic E-state index is 12.9. The Morgan fingerprint density at radius 3 is 2.39 bits per heavy atom. The Hall–Kier alpha value is -1.40. The van der Waals surface area contributed by atoms with Gasteiger partial charge in [-0.3, -0.25) is 4.79 Å². The molecule has 126 valence electrons. The maximum atomic E-state index is 12.9. The molecular weight excluding hydrogens is 312 g/mol. The van der Waals surface area contributed by atoms with Gasteiger partial charge in [-0.25, -0.2) is 8.42 Å². The summed E-state index contributed by atoms with van der Waals surface area (Å²) in [6.07, 6.45) is 4.76. The van der Waals surface area contributed by atoms with Crippen molar-refractivity contribution in [2.24, 2.45) is 0 Å². The van der Waals surface area contributed by atoms with Crippen LogP contribution < -0.4 is 4.90 Å². The molecule has 0 N–H and O–H groups in total. The minimum absolute atomic E-state index is 0.000578. The second-order valence-electron chi connectivity index (χ2n) is 6.55. The molecule has 1 aromatic carbocycles. The smallest absolute Gasteiger partial charge is 0.243 e. The maximum Gasteiger partial charge on any atom is 0.243 e. The zero-order chi connectivity index (χ0) is 16.6. The molecule has 0 aromatic heterocycles. The van der Waals surface area contributed by atoms with E-state index in [1.165, 1.54) is 0 Å². The number of anilines is 1. The van der Waals surface area contributed by atoms with Crippen molar-refractivity contribution in [3.63, 3.8) is 0 Å². The first-order valence-corrected chi connectivity index (χ1v) is 9.78. The largest absolute Gasteiger partial charge is 0.309 e. The molecule has 1 unspecified atom stereocenters. The Morgan fingerprint density at radius 2 is 1.78 bits per heavy atom. The number of amides is 1. The Bertz CT molecular complexity index is 707. The SMILES string of the molecule is CC(=O)N1c2ccc(S(=O)(=O)N3CCCCCC3)cc2CC1C. The number of hydrogen-bond acceptors (Lipinski definition) is 3. The molecule has 2 aliphatic heterocycles. The number of nitrogens with zero attached hydrogens (tertiary/aromatic N) is 2. The standard InChI is InChI=1S/C17H24N2O3S/c1-13-11-15-12-16(7-8-17(15)19(13)14(2)20)23(21,22)18-9-5-3-4-6-10-18/h7-8,12-13H,3-6,9-11H2,1-2H3. The Kier molecular flexibility index (Phi) is 4.47. The van der Waals surface area contributed by atoms with Crippen LogP contribution in [0.15, 0.2) is 23.1 Å². The van der Waals surface area contributed by atoms with E-state index in [-0.39, 0.29) is 11.9 Å². The first-order valence-electron chi connectivity index (χ1n) is 8.34. The highest BCUT2D eigenvalue weighted by Crippen LogP contribution is 2.34. The van der Waals surface area contributed by atoms with E-state index in [0.29, 0.717) is 24.4 Å². The van der Waals surface area contributed by atoms with Gasteiger partial charge in [-0.2, -0.15) is 4.31 Å². The van der Waals surface area contributed by atoms with Crippen LogP contribution in [0, 0.1) is 0 Å². The molecule has 1 amide bonds. The van der Waals surface area contributed by atoms with Gasteiger partial charge in [0.25, 0.3) is 0 Å². The molecule has 1 fully saturated rings. The summed E-state index contributed by atoms with van der Waals surface area (Å²) in [6.45, 7) is 4.75. The van der Waals surface area contributed by atoms with Gasteiger partial charge in [-0.05, 0) is 49.9 Å². The van der Waals surface area contributed by atoms with Gasteiger partial charge in [0.15, 0.2) is 0 Å². The first kappa shape index (κ1) is 16.5. The number of fused-ring (bicyclic) bond motifs is 1. The lowest BCUT2D eigenvalue weighted by molar-refractivity contribution is -0.116. The minimum atomic E-state index is -3.43. The van der Waals surface area contributed by atoms with E-state index in [4.69, 9.17) is 0 Å². The number of carbonyl (C=O) groups excluding carboxylic acids is 1. The topological polar surface area (TPSA) is 57.7 Å². The summed E-state index contributed by atoms with van der Waals surface area (Å²) in [5.74, 6) is -0.000578. The predicted octanol–water partition coefficient (Wildman–Crippen LogP) is 2.55. The number of sulfonamides is 1. The summed E-state index contributed by atoms with van der Waals surface area (Å²) in [5, 5.41) is 0.